The largest absolute Gasteiger partial charge is 0.481 e. The first kappa shape index (κ1) is 46.9. The number of carboxylic acid groups (broad SMARTS) is 1. The number of cyclic esters (lactones) is 1. The number of nitrogens with zero attached hydrogens (tertiary/aromatic N) is 2. The standard InChI is InChI=1S/C39H72N2O13/c1-14-28-38(9,47)33(44)25(6)41(12)20-21(2)17-39(48,18-29(42)43)35(54-30-16-27(40(10)11)15-22(3)50-30)23(4)32(24(5)36(46)52-28)53-31-19-37(8,49-13)34(45)26(7)51-31/h21-28,30-35,44-45,47-48H,14-20H2,1-13H3,(H,42,43)/t21-,22-,23+,24-,25-,26+,27+,28-,30?,31-,32+,33-,34+,35-,37-,38-,39+/m1/s1. The minimum Gasteiger partial charge on any atom is -0.481 e. The molecule has 0 bridgehead atoms. The van der Waals surface area contributed by atoms with Crippen molar-refractivity contribution in [3.05, 3.63) is 0 Å². The van der Waals surface area contributed by atoms with Crippen molar-refractivity contribution in [2.45, 2.75) is 185 Å². The third-order valence-electron chi connectivity index (χ3n) is 12.4. The lowest BCUT2D eigenvalue weighted by Crippen LogP contribution is -2.59. The molecule has 316 valence electrons. The second-order valence-electron chi connectivity index (χ2n) is 17.4. The smallest absolute Gasteiger partial charge is 0.311 e. The molecule has 0 saturated carbocycles. The molecule has 3 aliphatic heterocycles. The molecule has 0 aromatic carbocycles. The number of aliphatic hydroxyl groups is 4. The average Bonchev–Trinajstić information content (AvgIpc) is 3.07. The molecule has 3 saturated heterocycles. The fraction of sp³-hybridized carbons (Fsp3) is 0.949. The summed E-state index contributed by atoms with van der Waals surface area (Å²) in [4.78, 5) is 30.8. The Balaban J connectivity index is 2.24. The molecule has 0 aromatic rings. The van der Waals surface area contributed by atoms with Crippen LogP contribution in [0.2, 0.25) is 0 Å². The van der Waals surface area contributed by atoms with Crippen molar-refractivity contribution in [2.75, 3.05) is 34.8 Å². The van der Waals surface area contributed by atoms with E-state index in [0.717, 1.165) is 6.42 Å². The van der Waals surface area contributed by atoms with E-state index in [2.05, 4.69) is 4.90 Å². The van der Waals surface area contributed by atoms with Gasteiger partial charge in [0.05, 0.1) is 42.4 Å². The van der Waals surface area contributed by atoms with Crippen LogP contribution >= 0.6 is 0 Å². The van der Waals surface area contributed by atoms with Gasteiger partial charge in [-0.3, -0.25) is 9.59 Å². The van der Waals surface area contributed by atoms with Crippen molar-refractivity contribution >= 4 is 11.9 Å². The molecule has 3 heterocycles. The summed E-state index contributed by atoms with van der Waals surface area (Å²) in [6, 6.07) is -0.539. The number of hydrogen-bond donors (Lipinski definition) is 5. The molecule has 17 atom stereocenters. The molecule has 0 radical (unpaired) electrons. The van der Waals surface area contributed by atoms with Crippen LogP contribution in [0.1, 0.15) is 101 Å². The number of carbonyl (C=O) groups is 2. The van der Waals surface area contributed by atoms with Gasteiger partial charge in [-0.2, -0.15) is 0 Å². The molecule has 15 heteroatoms. The molecule has 0 aromatic heterocycles. The third-order valence-corrected chi connectivity index (χ3v) is 12.4. The number of ether oxygens (including phenoxy) is 6. The van der Waals surface area contributed by atoms with E-state index < -0.39 is 102 Å². The summed E-state index contributed by atoms with van der Waals surface area (Å²) in [7, 11) is 7.20. The lowest BCUT2D eigenvalue weighted by molar-refractivity contribution is -0.309. The van der Waals surface area contributed by atoms with Crippen LogP contribution in [0.3, 0.4) is 0 Å². The second-order valence-corrected chi connectivity index (χ2v) is 17.4. The fourth-order valence-electron chi connectivity index (χ4n) is 8.92. The van der Waals surface area contributed by atoms with Crippen LogP contribution in [0, 0.1) is 17.8 Å². The molecule has 0 spiro atoms. The van der Waals surface area contributed by atoms with Crippen molar-refractivity contribution in [2.24, 2.45) is 17.8 Å². The molecule has 5 N–H and O–H groups in total. The highest BCUT2D eigenvalue weighted by Crippen LogP contribution is 2.41. The van der Waals surface area contributed by atoms with E-state index in [0.29, 0.717) is 13.0 Å². The zero-order valence-corrected chi connectivity index (χ0v) is 34.9. The molecular formula is C39H72N2O13. The van der Waals surface area contributed by atoms with Crippen molar-refractivity contribution in [3.8, 4) is 0 Å². The number of aliphatic hydroxyl groups excluding tert-OH is 2. The van der Waals surface area contributed by atoms with Crippen LogP contribution in [0.5, 0.6) is 0 Å². The molecular weight excluding hydrogens is 704 g/mol. The highest BCUT2D eigenvalue weighted by molar-refractivity contribution is 5.73. The minimum absolute atomic E-state index is 0.0364. The first-order valence-corrected chi connectivity index (χ1v) is 19.7. The number of likely N-dealkylation sites (N-methyl/N-ethyl adjacent to an activating group) is 1. The Kier molecular flexibility index (Phi) is 16.4. The highest BCUT2D eigenvalue weighted by atomic mass is 16.7. The maximum absolute atomic E-state index is 14.3. The Hall–Kier alpha value is -1.50. The van der Waals surface area contributed by atoms with Crippen LogP contribution < -0.4 is 0 Å². The highest BCUT2D eigenvalue weighted by Gasteiger charge is 2.53. The SMILES string of the molecule is CC[C@H]1OC(=O)[C@H](C)[C@@H](O[C@@H]2C[C@@](C)(OC)[C@@H](O)[C@H](C)O2)[C@H](C)[C@@H](OC2C[C@@H](N(C)C)C[C@@H](C)O2)[C@@](O)(CC(=O)O)C[C@@H](C)CN(C)[C@H](C)[C@@H](O)[C@]1(C)O. The first-order valence-electron chi connectivity index (χ1n) is 19.7. The summed E-state index contributed by atoms with van der Waals surface area (Å²) in [6.45, 7) is 15.9. The van der Waals surface area contributed by atoms with Gasteiger partial charge in [0.25, 0.3) is 0 Å². The second kappa shape index (κ2) is 18.8. The van der Waals surface area contributed by atoms with Gasteiger partial charge in [0.2, 0.25) is 0 Å². The number of carbonyl (C=O) groups excluding carboxylic acids is 1. The lowest BCUT2D eigenvalue weighted by Gasteiger charge is -2.48. The van der Waals surface area contributed by atoms with Crippen LogP contribution in [-0.4, -0.2) is 166 Å². The van der Waals surface area contributed by atoms with E-state index in [1.807, 2.05) is 32.8 Å². The number of aliphatic carboxylic acids is 1. The van der Waals surface area contributed by atoms with Gasteiger partial charge in [0.1, 0.15) is 29.5 Å². The first-order chi connectivity index (χ1) is 24.9. The van der Waals surface area contributed by atoms with Gasteiger partial charge >= 0.3 is 11.9 Å². The Morgan fingerprint density at radius 1 is 0.963 bits per heavy atom. The van der Waals surface area contributed by atoms with Gasteiger partial charge in [0.15, 0.2) is 12.6 Å². The Morgan fingerprint density at radius 3 is 2.15 bits per heavy atom. The van der Waals surface area contributed by atoms with E-state index in [4.69, 9.17) is 28.4 Å². The van der Waals surface area contributed by atoms with Gasteiger partial charge in [-0.25, -0.2) is 0 Å². The fourth-order valence-corrected chi connectivity index (χ4v) is 8.92. The molecule has 3 fully saturated rings. The van der Waals surface area contributed by atoms with Gasteiger partial charge in [-0.05, 0) is 87.9 Å². The predicted molar refractivity (Wildman–Crippen MR) is 199 cm³/mol. The summed E-state index contributed by atoms with van der Waals surface area (Å²) in [5.74, 6) is -4.32. The number of hydrogen-bond acceptors (Lipinski definition) is 14. The van der Waals surface area contributed by atoms with Crippen molar-refractivity contribution in [3.63, 3.8) is 0 Å². The molecule has 0 amide bonds. The average molecular weight is 777 g/mol. The summed E-state index contributed by atoms with van der Waals surface area (Å²) >= 11 is 0. The van der Waals surface area contributed by atoms with Gasteiger partial charge in [-0.1, -0.05) is 20.8 Å². The van der Waals surface area contributed by atoms with E-state index >= 15 is 0 Å². The van der Waals surface area contributed by atoms with Crippen LogP contribution in [0.25, 0.3) is 0 Å². The molecule has 3 aliphatic rings. The van der Waals surface area contributed by atoms with Crippen molar-refractivity contribution in [1.82, 2.24) is 9.80 Å². The Bertz CT molecular complexity index is 1220. The number of esters is 1. The lowest BCUT2D eigenvalue weighted by atomic mass is 9.75. The summed E-state index contributed by atoms with van der Waals surface area (Å²) in [5, 5.41) is 57.3. The summed E-state index contributed by atoms with van der Waals surface area (Å²) < 4.78 is 37.7. The predicted octanol–water partition coefficient (Wildman–Crippen LogP) is 2.38. The van der Waals surface area contributed by atoms with Gasteiger partial charge in [0, 0.05) is 44.5 Å². The zero-order chi connectivity index (χ0) is 41.1. The molecule has 15 nitrogen and oxygen atoms in total. The summed E-state index contributed by atoms with van der Waals surface area (Å²) in [5.41, 5.74) is -4.93. The van der Waals surface area contributed by atoms with E-state index in [-0.39, 0.29) is 37.3 Å². The van der Waals surface area contributed by atoms with E-state index in [9.17, 15) is 35.1 Å². The van der Waals surface area contributed by atoms with E-state index in [1.54, 1.807) is 48.6 Å². The van der Waals surface area contributed by atoms with Gasteiger partial charge in [-0.15, -0.1) is 0 Å². The topological polar surface area (TPSA) is 197 Å². The zero-order valence-electron chi connectivity index (χ0n) is 34.9. The Labute approximate surface area is 322 Å². The van der Waals surface area contributed by atoms with Crippen molar-refractivity contribution in [1.29, 1.82) is 0 Å². The molecule has 3 rings (SSSR count). The summed E-state index contributed by atoms with van der Waals surface area (Å²) in [6.07, 6.45) is -7.82. The number of carboxylic acids is 1. The monoisotopic (exact) mass is 777 g/mol. The normalized spacial score (nSPS) is 46.7. The minimum atomic E-state index is -2.01. The Morgan fingerprint density at radius 2 is 1.59 bits per heavy atom. The van der Waals surface area contributed by atoms with E-state index in [1.165, 1.54) is 14.0 Å². The van der Waals surface area contributed by atoms with Crippen LogP contribution in [-0.2, 0) is 38.0 Å². The van der Waals surface area contributed by atoms with Crippen LogP contribution in [0.4, 0.5) is 0 Å². The van der Waals surface area contributed by atoms with Crippen molar-refractivity contribution < 1.29 is 63.5 Å². The maximum Gasteiger partial charge on any atom is 0.311 e. The third kappa shape index (κ3) is 10.9. The van der Waals surface area contributed by atoms with Crippen LogP contribution in [0.15, 0.2) is 0 Å². The number of methoxy groups -OCH3 is 1. The quantitative estimate of drug-likeness (QED) is 0.214. The number of rotatable bonds is 9. The maximum atomic E-state index is 14.3. The molecule has 0 aliphatic carbocycles. The molecule has 1 unspecified atom stereocenters. The molecule has 54 heavy (non-hydrogen) atoms. The van der Waals surface area contributed by atoms with Gasteiger partial charge < -0.3 is 63.8 Å².